The van der Waals surface area contributed by atoms with Gasteiger partial charge >= 0.3 is 5.97 Å². The molecule has 0 saturated heterocycles. The zero-order valence-electron chi connectivity index (χ0n) is 19.6. The molecule has 3 heterocycles. The van der Waals surface area contributed by atoms with E-state index in [2.05, 4.69) is 35.1 Å². The lowest BCUT2D eigenvalue weighted by molar-refractivity contribution is -0.137. The maximum Gasteiger partial charge on any atom is 0.303 e. The van der Waals surface area contributed by atoms with Crippen molar-refractivity contribution in [2.75, 3.05) is 0 Å². The number of aliphatic carboxylic acids is 1. The van der Waals surface area contributed by atoms with Crippen LogP contribution in [-0.2, 0) is 35.6 Å². The molecule has 8 nitrogen and oxygen atoms in total. The van der Waals surface area contributed by atoms with Gasteiger partial charge in [-0.05, 0) is 61.1 Å². The van der Waals surface area contributed by atoms with Crippen LogP contribution in [0.2, 0.25) is 0 Å². The van der Waals surface area contributed by atoms with Gasteiger partial charge in [-0.3, -0.25) is 14.8 Å². The molecule has 8 heteroatoms. The molecule has 0 aliphatic carbocycles. The lowest BCUT2D eigenvalue weighted by Crippen LogP contribution is -2.11. The third kappa shape index (κ3) is 5.70. The third-order valence-electron chi connectivity index (χ3n) is 5.88. The van der Waals surface area contributed by atoms with Crippen LogP contribution in [-0.4, -0.2) is 30.7 Å². The second-order valence-electron chi connectivity index (χ2n) is 8.26. The van der Waals surface area contributed by atoms with E-state index in [9.17, 15) is 10.1 Å². The number of carbonyl (C=O) groups is 1. The molecule has 0 aliphatic heterocycles. The highest BCUT2D eigenvalue weighted by Gasteiger charge is 2.19. The normalized spacial score (nSPS) is 11.0. The monoisotopic (exact) mass is 469 g/mol. The molecule has 0 saturated carbocycles. The number of carboxylic acids is 1. The SMILES string of the molecule is CCc1ccc2c(-c3cccc(C#N)c3)c(CCCCC(=O)O)c(COCc3cnccn3)nn12. The number of aromatic nitrogens is 4. The first-order valence-electron chi connectivity index (χ1n) is 11.7. The highest BCUT2D eigenvalue weighted by Crippen LogP contribution is 2.33. The Bertz CT molecular complexity index is 1360. The van der Waals surface area contributed by atoms with Crippen molar-refractivity contribution >= 4 is 11.5 Å². The maximum atomic E-state index is 11.0. The fraction of sp³-hybridized carbons (Fsp3) is 0.296. The van der Waals surface area contributed by atoms with E-state index in [1.54, 1.807) is 24.7 Å². The zero-order valence-corrected chi connectivity index (χ0v) is 19.6. The van der Waals surface area contributed by atoms with Crippen molar-refractivity contribution in [2.45, 2.75) is 52.2 Å². The Labute approximate surface area is 203 Å². The van der Waals surface area contributed by atoms with Crippen LogP contribution >= 0.6 is 0 Å². The van der Waals surface area contributed by atoms with Gasteiger partial charge in [-0.15, -0.1) is 0 Å². The van der Waals surface area contributed by atoms with Crippen LogP contribution < -0.4 is 0 Å². The summed E-state index contributed by atoms with van der Waals surface area (Å²) >= 11 is 0. The Morgan fingerprint density at radius 2 is 2.06 bits per heavy atom. The van der Waals surface area contributed by atoms with Crippen LogP contribution in [0, 0.1) is 11.3 Å². The third-order valence-corrected chi connectivity index (χ3v) is 5.88. The first kappa shape index (κ1) is 24.0. The van der Waals surface area contributed by atoms with Gasteiger partial charge in [0.25, 0.3) is 0 Å². The second-order valence-corrected chi connectivity index (χ2v) is 8.26. The first-order chi connectivity index (χ1) is 17.1. The number of hydrogen-bond donors (Lipinski definition) is 1. The summed E-state index contributed by atoms with van der Waals surface area (Å²) < 4.78 is 7.96. The largest absolute Gasteiger partial charge is 0.481 e. The number of nitriles is 1. The highest BCUT2D eigenvalue weighted by atomic mass is 16.5. The number of nitrogens with zero attached hydrogens (tertiary/aromatic N) is 5. The van der Waals surface area contributed by atoms with E-state index in [0.717, 1.165) is 45.7 Å². The van der Waals surface area contributed by atoms with Crippen molar-refractivity contribution in [2.24, 2.45) is 0 Å². The molecule has 4 aromatic rings. The van der Waals surface area contributed by atoms with Gasteiger partial charge in [-0.2, -0.15) is 10.4 Å². The summed E-state index contributed by atoms with van der Waals surface area (Å²) in [6, 6.07) is 13.9. The number of unbranched alkanes of at least 4 members (excludes halogenated alkanes) is 1. The van der Waals surface area contributed by atoms with Gasteiger partial charge in [0.1, 0.15) is 0 Å². The van der Waals surface area contributed by atoms with Gasteiger partial charge in [-0.1, -0.05) is 19.1 Å². The van der Waals surface area contributed by atoms with Crippen LogP contribution in [0.5, 0.6) is 0 Å². The summed E-state index contributed by atoms with van der Waals surface area (Å²) in [5.41, 5.74) is 7.09. The predicted molar refractivity (Wildman–Crippen MR) is 130 cm³/mol. The zero-order chi connectivity index (χ0) is 24.6. The quantitative estimate of drug-likeness (QED) is 0.316. The smallest absolute Gasteiger partial charge is 0.303 e. The Morgan fingerprint density at radius 1 is 1.17 bits per heavy atom. The predicted octanol–water partition coefficient (Wildman–Crippen LogP) is 4.74. The lowest BCUT2D eigenvalue weighted by atomic mass is 9.93. The van der Waals surface area contributed by atoms with E-state index in [1.807, 2.05) is 22.7 Å². The molecule has 35 heavy (non-hydrogen) atoms. The molecule has 4 rings (SSSR count). The van der Waals surface area contributed by atoms with E-state index in [4.69, 9.17) is 14.9 Å². The Morgan fingerprint density at radius 3 is 2.80 bits per heavy atom. The molecule has 3 aromatic heterocycles. The average Bonchev–Trinajstić information content (AvgIpc) is 3.29. The number of hydrogen-bond acceptors (Lipinski definition) is 6. The van der Waals surface area contributed by atoms with E-state index in [1.165, 1.54) is 0 Å². The van der Waals surface area contributed by atoms with E-state index in [0.29, 0.717) is 31.4 Å². The summed E-state index contributed by atoms with van der Waals surface area (Å²) in [4.78, 5) is 19.4. The minimum Gasteiger partial charge on any atom is -0.481 e. The number of fused-ring (bicyclic) bond motifs is 1. The van der Waals surface area contributed by atoms with Crippen LogP contribution in [0.4, 0.5) is 0 Å². The average molecular weight is 470 g/mol. The molecule has 178 valence electrons. The maximum absolute atomic E-state index is 11.0. The van der Waals surface area contributed by atoms with Gasteiger partial charge in [0.05, 0.1) is 47.9 Å². The molecule has 0 fully saturated rings. The Balaban J connectivity index is 1.78. The minimum absolute atomic E-state index is 0.124. The number of carboxylic acid groups (broad SMARTS) is 1. The molecular weight excluding hydrogens is 442 g/mol. The Kier molecular flexibility index (Phi) is 7.81. The van der Waals surface area contributed by atoms with Crippen molar-refractivity contribution in [3.05, 3.63) is 83.2 Å². The topological polar surface area (TPSA) is 113 Å². The summed E-state index contributed by atoms with van der Waals surface area (Å²) in [5.74, 6) is -0.799. The van der Waals surface area contributed by atoms with Crippen LogP contribution in [0.25, 0.3) is 16.6 Å². The van der Waals surface area contributed by atoms with E-state index in [-0.39, 0.29) is 13.0 Å². The summed E-state index contributed by atoms with van der Waals surface area (Å²) in [6.45, 7) is 2.66. The second kappa shape index (κ2) is 11.4. The van der Waals surface area contributed by atoms with E-state index >= 15 is 0 Å². The summed E-state index contributed by atoms with van der Waals surface area (Å²) in [6.07, 6.45) is 7.78. The standard InChI is InChI=1S/C27H27N5O3/c1-2-22-10-11-25-27(20-7-5-6-19(14-20)15-28)23(8-3-4-9-26(33)34)24(31-32(22)25)18-35-17-21-16-29-12-13-30-21/h5-7,10-14,16H,2-4,8-9,17-18H2,1H3,(H,33,34). The fourth-order valence-corrected chi connectivity index (χ4v) is 4.21. The molecule has 0 spiro atoms. The molecular formula is C27H27N5O3. The molecule has 0 bridgehead atoms. The van der Waals surface area contributed by atoms with E-state index < -0.39 is 5.97 Å². The molecule has 0 radical (unpaired) electrons. The van der Waals surface area contributed by atoms with Crippen molar-refractivity contribution < 1.29 is 14.6 Å². The number of aryl methyl sites for hydroxylation is 1. The van der Waals surface area contributed by atoms with Gasteiger partial charge in [0, 0.05) is 30.1 Å². The van der Waals surface area contributed by atoms with Gasteiger partial charge < -0.3 is 9.84 Å². The van der Waals surface area contributed by atoms with Gasteiger partial charge in [-0.25, -0.2) is 4.52 Å². The molecule has 1 N–H and O–H groups in total. The van der Waals surface area contributed by atoms with Crippen molar-refractivity contribution in [3.63, 3.8) is 0 Å². The molecule has 1 aromatic carbocycles. The van der Waals surface area contributed by atoms with Crippen molar-refractivity contribution in [3.8, 4) is 17.2 Å². The number of ether oxygens (including phenoxy) is 1. The van der Waals surface area contributed by atoms with Crippen LogP contribution in [0.15, 0.2) is 55.0 Å². The number of benzene rings is 1. The molecule has 0 amide bonds. The highest BCUT2D eigenvalue weighted by molar-refractivity contribution is 5.84. The molecule has 0 aliphatic rings. The van der Waals surface area contributed by atoms with Crippen molar-refractivity contribution in [1.29, 1.82) is 5.26 Å². The first-order valence-corrected chi connectivity index (χ1v) is 11.7. The Hall–Kier alpha value is -4.09. The minimum atomic E-state index is -0.799. The summed E-state index contributed by atoms with van der Waals surface area (Å²) in [5, 5.41) is 23.5. The van der Waals surface area contributed by atoms with Crippen LogP contribution in [0.1, 0.15) is 54.4 Å². The van der Waals surface area contributed by atoms with Crippen LogP contribution in [0.3, 0.4) is 0 Å². The lowest BCUT2D eigenvalue weighted by Gasteiger charge is -2.18. The molecule has 0 unspecified atom stereocenters. The summed E-state index contributed by atoms with van der Waals surface area (Å²) in [7, 11) is 0. The van der Waals surface area contributed by atoms with Gasteiger partial charge in [0.15, 0.2) is 0 Å². The number of rotatable bonds is 11. The van der Waals surface area contributed by atoms with Crippen molar-refractivity contribution in [1.82, 2.24) is 19.6 Å². The van der Waals surface area contributed by atoms with Gasteiger partial charge in [0.2, 0.25) is 0 Å². The molecule has 0 atom stereocenters. The fourth-order valence-electron chi connectivity index (χ4n) is 4.21.